The molecule has 0 N–H and O–H groups in total. The standard InChI is InChI=1S/C23H26N6O3/c1-23(2)14-17-4-3-5-18(22(17)32-23)31-15-21(30)28-12-10-27(11-13-28)19-6-7-20(26-25-19)29-9-8-24-16-29/h3-9,16H,10-15H2,1-2H3. The molecule has 2 aliphatic heterocycles. The normalized spacial score (nSPS) is 17.1. The highest BCUT2D eigenvalue weighted by Crippen LogP contribution is 2.41. The number of amides is 1. The zero-order chi connectivity index (χ0) is 22.1. The minimum atomic E-state index is -0.248. The number of hydrogen-bond acceptors (Lipinski definition) is 7. The summed E-state index contributed by atoms with van der Waals surface area (Å²) in [6.07, 6.45) is 6.05. The van der Waals surface area contributed by atoms with Crippen molar-refractivity contribution < 1.29 is 14.3 Å². The largest absolute Gasteiger partial charge is 0.483 e. The van der Waals surface area contributed by atoms with Crippen molar-refractivity contribution in [2.75, 3.05) is 37.7 Å². The van der Waals surface area contributed by atoms with Crippen LogP contribution >= 0.6 is 0 Å². The lowest BCUT2D eigenvalue weighted by Crippen LogP contribution is -2.50. The Morgan fingerprint density at radius 3 is 2.59 bits per heavy atom. The molecule has 1 fully saturated rings. The van der Waals surface area contributed by atoms with E-state index in [1.807, 2.05) is 46.0 Å². The topological polar surface area (TPSA) is 85.6 Å². The average molecular weight is 435 g/mol. The van der Waals surface area contributed by atoms with Crippen LogP contribution in [-0.4, -0.2) is 68.9 Å². The molecule has 0 saturated carbocycles. The van der Waals surface area contributed by atoms with Gasteiger partial charge in [0.1, 0.15) is 11.9 Å². The van der Waals surface area contributed by atoms with E-state index in [2.05, 4.69) is 33.9 Å². The Labute approximate surface area is 186 Å². The summed E-state index contributed by atoms with van der Waals surface area (Å²) in [5.74, 6) is 2.89. The lowest BCUT2D eigenvalue weighted by atomic mass is 10.0. The van der Waals surface area contributed by atoms with E-state index in [1.54, 1.807) is 12.5 Å². The molecule has 1 saturated heterocycles. The molecule has 4 heterocycles. The quantitative estimate of drug-likeness (QED) is 0.608. The van der Waals surface area contributed by atoms with Crippen molar-refractivity contribution in [1.29, 1.82) is 0 Å². The number of fused-ring (bicyclic) bond motifs is 1. The van der Waals surface area contributed by atoms with Crippen LogP contribution in [0.25, 0.3) is 5.82 Å². The predicted molar refractivity (Wildman–Crippen MR) is 118 cm³/mol. The predicted octanol–water partition coefficient (Wildman–Crippen LogP) is 2.10. The van der Waals surface area contributed by atoms with Crippen LogP contribution < -0.4 is 14.4 Å². The summed E-state index contributed by atoms with van der Waals surface area (Å²) in [4.78, 5) is 20.7. The molecule has 0 atom stereocenters. The number of piperazine rings is 1. The van der Waals surface area contributed by atoms with E-state index in [0.717, 1.165) is 29.4 Å². The molecule has 1 amide bonds. The Bertz CT molecular complexity index is 1090. The van der Waals surface area contributed by atoms with Crippen LogP contribution in [0.5, 0.6) is 11.5 Å². The maximum Gasteiger partial charge on any atom is 0.260 e. The molecule has 0 aliphatic carbocycles. The van der Waals surface area contributed by atoms with Crippen molar-refractivity contribution in [2.24, 2.45) is 0 Å². The highest BCUT2D eigenvalue weighted by atomic mass is 16.5. The van der Waals surface area contributed by atoms with Gasteiger partial charge >= 0.3 is 0 Å². The van der Waals surface area contributed by atoms with Gasteiger partial charge in [0.15, 0.2) is 29.7 Å². The van der Waals surface area contributed by atoms with Gasteiger partial charge < -0.3 is 19.3 Å². The van der Waals surface area contributed by atoms with Crippen molar-refractivity contribution in [1.82, 2.24) is 24.6 Å². The number of anilines is 1. The van der Waals surface area contributed by atoms with Crippen molar-refractivity contribution in [3.8, 4) is 17.3 Å². The minimum Gasteiger partial charge on any atom is -0.483 e. The van der Waals surface area contributed by atoms with Crippen LogP contribution in [0.2, 0.25) is 0 Å². The molecule has 3 aromatic rings. The summed E-state index contributed by atoms with van der Waals surface area (Å²) in [5, 5.41) is 8.61. The van der Waals surface area contributed by atoms with Gasteiger partial charge in [0.2, 0.25) is 0 Å². The number of benzene rings is 1. The second-order valence-electron chi connectivity index (χ2n) is 8.66. The van der Waals surface area contributed by atoms with Crippen LogP contribution in [-0.2, 0) is 11.2 Å². The summed E-state index contributed by atoms with van der Waals surface area (Å²) >= 11 is 0. The minimum absolute atomic E-state index is 0.000347. The Kier molecular flexibility index (Phi) is 5.16. The second kappa shape index (κ2) is 8.14. The first-order valence-electron chi connectivity index (χ1n) is 10.8. The van der Waals surface area contributed by atoms with Gasteiger partial charge in [-0.2, -0.15) is 0 Å². The van der Waals surface area contributed by atoms with Gasteiger partial charge in [-0.15, -0.1) is 10.2 Å². The number of rotatable bonds is 5. The third-order valence-electron chi connectivity index (χ3n) is 5.77. The number of imidazole rings is 1. The third kappa shape index (κ3) is 4.10. The lowest BCUT2D eigenvalue weighted by Gasteiger charge is -2.35. The second-order valence-corrected chi connectivity index (χ2v) is 8.66. The molecule has 9 nitrogen and oxygen atoms in total. The van der Waals surface area contributed by atoms with Crippen molar-refractivity contribution in [3.05, 3.63) is 54.6 Å². The molecule has 32 heavy (non-hydrogen) atoms. The van der Waals surface area contributed by atoms with Gasteiger partial charge in [0, 0.05) is 50.6 Å². The van der Waals surface area contributed by atoms with Gasteiger partial charge in [-0.05, 0) is 32.0 Å². The fourth-order valence-corrected chi connectivity index (χ4v) is 4.14. The fourth-order valence-electron chi connectivity index (χ4n) is 4.14. The summed E-state index contributed by atoms with van der Waals surface area (Å²) in [7, 11) is 0. The number of carbonyl (C=O) groups excluding carboxylic acids is 1. The van der Waals surface area contributed by atoms with E-state index < -0.39 is 0 Å². The summed E-state index contributed by atoms with van der Waals surface area (Å²) in [6.45, 7) is 6.73. The van der Waals surface area contributed by atoms with E-state index in [0.29, 0.717) is 31.9 Å². The molecule has 1 aromatic carbocycles. The van der Waals surface area contributed by atoms with Gasteiger partial charge in [0.25, 0.3) is 5.91 Å². The number of carbonyl (C=O) groups is 1. The van der Waals surface area contributed by atoms with Crippen LogP contribution in [0.4, 0.5) is 5.82 Å². The highest BCUT2D eigenvalue weighted by molar-refractivity contribution is 5.78. The zero-order valence-corrected chi connectivity index (χ0v) is 18.3. The van der Waals surface area contributed by atoms with E-state index >= 15 is 0 Å². The van der Waals surface area contributed by atoms with Gasteiger partial charge in [-0.25, -0.2) is 4.98 Å². The number of nitrogens with zero attached hydrogens (tertiary/aromatic N) is 6. The van der Waals surface area contributed by atoms with Crippen LogP contribution in [0.1, 0.15) is 19.4 Å². The third-order valence-corrected chi connectivity index (χ3v) is 5.77. The van der Waals surface area contributed by atoms with Gasteiger partial charge in [-0.3, -0.25) is 9.36 Å². The molecule has 2 aromatic heterocycles. The smallest absolute Gasteiger partial charge is 0.260 e. The Hall–Kier alpha value is -3.62. The fraction of sp³-hybridized carbons (Fsp3) is 0.391. The van der Waals surface area contributed by atoms with Gasteiger partial charge in [0.05, 0.1) is 0 Å². The van der Waals surface area contributed by atoms with Crippen LogP contribution in [0.15, 0.2) is 49.1 Å². The number of ether oxygens (including phenoxy) is 2. The highest BCUT2D eigenvalue weighted by Gasteiger charge is 2.32. The Balaban J connectivity index is 1.14. The number of aromatic nitrogens is 4. The van der Waals surface area contributed by atoms with Crippen LogP contribution in [0.3, 0.4) is 0 Å². The maximum atomic E-state index is 12.7. The molecule has 0 bridgehead atoms. The molecule has 0 radical (unpaired) electrons. The van der Waals surface area contributed by atoms with Crippen LogP contribution in [0, 0.1) is 0 Å². The molecular weight excluding hydrogens is 408 g/mol. The molecule has 9 heteroatoms. The van der Waals surface area contributed by atoms with E-state index in [1.165, 1.54) is 0 Å². The summed E-state index contributed by atoms with van der Waals surface area (Å²) in [6, 6.07) is 9.71. The Morgan fingerprint density at radius 2 is 1.88 bits per heavy atom. The number of para-hydroxylation sites is 1. The molecule has 5 rings (SSSR count). The molecule has 0 spiro atoms. The van der Waals surface area contributed by atoms with Gasteiger partial charge in [-0.1, -0.05) is 12.1 Å². The zero-order valence-electron chi connectivity index (χ0n) is 18.3. The van der Waals surface area contributed by atoms with Crippen molar-refractivity contribution >= 4 is 11.7 Å². The van der Waals surface area contributed by atoms with E-state index in [9.17, 15) is 4.79 Å². The molecule has 0 unspecified atom stereocenters. The maximum absolute atomic E-state index is 12.7. The Morgan fingerprint density at radius 1 is 1.09 bits per heavy atom. The first-order valence-corrected chi connectivity index (χ1v) is 10.8. The first kappa shape index (κ1) is 20.3. The molecule has 166 valence electrons. The first-order chi connectivity index (χ1) is 15.5. The number of hydrogen-bond donors (Lipinski definition) is 0. The molecular formula is C23H26N6O3. The SMILES string of the molecule is CC1(C)Cc2cccc(OCC(=O)N3CCN(c4ccc(-n5ccnc5)nn4)CC3)c2O1. The lowest BCUT2D eigenvalue weighted by molar-refractivity contribution is -0.133. The van der Waals surface area contributed by atoms with E-state index in [4.69, 9.17) is 9.47 Å². The summed E-state index contributed by atoms with van der Waals surface area (Å²) < 4.78 is 13.7. The van der Waals surface area contributed by atoms with Crippen molar-refractivity contribution in [2.45, 2.75) is 25.9 Å². The molecule has 2 aliphatic rings. The monoisotopic (exact) mass is 434 g/mol. The average Bonchev–Trinajstić information content (AvgIpc) is 3.44. The van der Waals surface area contributed by atoms with Crippen molar-refractivity contribution in [3.63, 3.8) is 0 Å². The summed E-state index contributed by atoms with van der Waals surface area (Å²) in [5.41, 5.74) is 0.871. The van der Waals surface area contributed by atoms with E-state index in [-0.39, 0.29) is 18.1 Å².